The van der Waals surface area contributed by atoms with Gasteiger partial charge in [-0.05, 0) is 6.92 Å². The average Bonchev–Trinajstić information content (AvgIpc) is 2.15. The molecule has 0 radical (unpaired) electrons. The van der Waals surface area contributed by atoms with Crippen molar-refractivity contribution in [3.8, 4) is 0 Å². The molecule has 0 heterocycles. The minimum atomic E-state index is -0.963. The van der Waals surface area contributed by atoms with Crippen LogP contribution in [0.1, 0.15) is 13.8 Å². The highest BCUT2D eigenvalue weighted by molar-refractivity contribution is 5.73. The van der Waals surface area contributed by atoms with Crippen LogP contribution in [0.4, 0.5) is 0 Å². The molecule has 86 valence electrons. The van der Waals surface area contributed by atoms with Gasteiger partial charge in [-0.2, -0.15) is 0 Å². The molecular formula is C10H17NO4. The second-order valence-electron chi connectivity index (χ2n) is 3.50. The summed E-state index contributed by atoms with van der Waals surface area (Å²) in [5.74, 6) is -2.48. The predicted molar refractivity (Wildman–Crippen MR) is 55.7 cm³/mol. The van der Waals surface area contributed by atoms with Crippen molar-refractivity contribution in [2.45, 2.75) is 19.9 Å². The first kappa shape index (κ1) is 13.6. The number of nitrogens with zero attached hydrogens (tertiary/aromatic N) is 1. The van der Waals surface area contributed by atoms with Crippen molar-refractivity contribution in [1.29, 1.82) is 0 Å². The lowest BCUT2D eigenvalue weighted by molar-refractivity contribution is -0.146. The molecule has 0 aromatic carbocycles. The van der Waals surface area contributed by atoms with Gasteiger partial charge in [0.15, 0.2) is 0 Å². The summed E-state index contributed by atoms with van der Waals surface area (Å²) in [6.45, 7) is 7.16. The quantitative estimate of drug-likeness (QED) is 0.610. The fourth-order valence-electron chi connectivity index (χ4n) is 1.14. The molecule has 0 saturated carbocycles. The Morgan fingerprint density at radius 1 is 1.33 bits per heavy atom. The van der Waals surface area contributed by atoms with E-state index < -0.39 is 23.9 Å². The molecule has 0 aromatic rings. The van der Waals surface area contributed by atoms with E-state index in [1.807, 2.05) is 0 Å². The van der Waals surface area contributed by atoms with Crippen molar-refractivity contribution in [3.63, 3.8) is 0 Å². The zero-order chi connectivity index (χ0) is 12.0. The summed E-state index contributed by atoms with van der Waals surface area (Å²) < 4.78 is 0. The molecule has 0 aliphatic rings. The Labute approximate surface area is 89.0 Å². The van der Waals surface area contributed by atoms with Crippen LogP contribution in [-0.4, -0.2) is 46.2 Å². The Morgan fingerprint density at radius 3 is 2.20 bits per heavy atom. The van der Waals surface area contributed by atoms with Gasteiger partial charge in [-0.1, -0.05) is 13.0 Å². The maximum Gasteiger partial charge on any atom is 0.320 e. The lowest BCUT2D eigenvalue weighted by Crippen LogP contribution is -2.42. The van der Waals surface area contributed by atoms with E-state index in [-0.39, 0.29) is 6.54 Å². The molecule has 2 unspecified atom stereocenters. The van der Waals surface area contributed by atoms with E-state index in [0.717, 1.165) is 0 Å². The van der Waals surface area contributed by atoms with Crippen molar-refractivity contribution >= 4 is 11.9 Å². The van der Waals surface area contributed by atoms with Gasteiger partial charge in [0.05, 0.1) is 5.92 Å². The van der Waals surface area contributed by atoms with Crippen molar-refractivity contribution in [2.75, 3.05) is 13.1 Å². The molecule has 0 amide bonds. The highest BCUT2D eigenvalue weighted by atomic mass is 16.4. The summed E-state index contributed by atoms with van der Waals surface area (Å²) in [5, 5.41) is 17.5. The third-order valence-corrected chi connectivity index (χ3v) is 2.20. The topological polar surface area (TPSA) is 77.8 Å². The Kier molecular flexibility index (Phi) is 5.62. The molecule has 0 aliphatic heterocycles. The molecule has 5 heteroatoms. The van der Waals surface area contributed by atoms with Crippen molar-refractivity contribution in [2.24, 2.45) is 5.92 Å². The van der Waals surface area contributed by atoms with Crippen LogP contribution in [0, 0.1) is 5.92 Å². The third kappa shape index (κ3) is 4.60. The highest BCUT2D eigenvalue weighted by Gasteiger charge is 2.23. The minimum absolute atomic E-state index is 0.203. The molecule has 0 aliphatic carbocycles. The summed E-state index contributed by atoms with van der Waals surface area (Å²) in [5.41, 5.74) is 0. The largest absolute Gasteiger partial charge is 0.481 e. The normalized spacial score (nSPS) is 14.6. The summed E-state index contributed by atoms with van der Waals surface area (Å²) in [6, 6.07) is -0.704. The van der Waals surface area contributed by atoms with Crippen LogP contribution in [0.15, 0.2) is 12.7 Å². The van der Waals surface area contributed by atoms with Gasteiger partial charge in [0.2, 0.25) is 0 Å². The van der Waals surface area contributed by atoms with E-state index in [0.29, 0.717) is 6.54 Å². The monoisotopic (exact) mass is 215 g/mol. The molecule has 0 aromatic heterocycles. The van der Waals surface area contributed by atoms with Crippen LogP contribution in [0.2, 0.25) is 0 Å². The fourth-order valence-corrected chi connectivity index (χ4v) is 1.14. The molecule has 0 fully saturated rings. The van der Waals surface area contributed by atoms with Gasteiger partial charge in [-0.3, -0.25) is 14.5 Å². The Hall–Kier alpha value is -1.36. The maximum absolute atomic E-state index is 10.7. The molecule has 0 saturated heterocycles. The number of aliphatic carboxylic acids is 2. The molecule has 15 heavy (non-hydrogen) atoms. The number of carbonyl (C=O) groups is 2. The van der Waals surface area contributed by atoms with E-state index in [2.05, 4.69) is 6.58 Å². The first-order valence-electron chi connectivity index (χ1n) is 4.70. The number of hydrogen-bond acceptors (Lipinski definition) is 3. The van der Waals surface area contributed by atoms with Crippen molar-refractivity contribution in [1.82, 2.24) is 4.90 Å². The average molecular weight is 215 g/mol. The van der Waals surface area contributed by atoms with Crippen LogP contribution in [-0.2, 0) is 9.59 Å². The molecule has 0 bridgehead atoms. The van der Waals surface area contributed by atoms with E-state index in [1.165, 1.54) is 6.92 Å². The fraction of sp³-hybridized carbons (Fsp3) is 0.600. The number of hydrogen-bond donors (Lipinski definition) is 2. The Balaban J connectivity index is 4.45. The predicted octanol–water partition coefficient (Wildman–Crippen LogP) is 0.668. The summed E-state index contributed by atoms with van der Waals surface area (Å²) in [6.07, 6.45) is 1.56. The number of rotatable bonds is 7. The highest BCUT2D eigenvalue weighted by Crippen LogP contribution is 2.05. The molecule has 2 atom stereocenters. The second kappa shape index (κ2) is 6.19. The lowest BCUT2D eigenvalue weighted by atomic mass is 10.1. The lowest BCUT2D eigenvalue weighted by Gasteiger charge is -2.26. The minimum Gasteiger partial charge on any atom is -0.481 e. The second-order valence-corrected chi connectivity index (χ2v) is 3.50. The Morgan fingerprint density at radius 2 is 1.87 bits per heavy atom. The van der Waals surface area contributed by atoms with Gasteiger partial charge in [0.1, 0.15) is 6.04 Å². The van der Waals surface area contributed by atoms with Gasteiger partial charge >= 0.3 is 11.9 Å². The van der Waals surface area contributed by atoms with Gasteiger partial charge in [-0.25, -0.2) is 0 Å². The van der Waals surface area contributed by atoms with Gasteiger partial charge in [0.25, 0.3) is 0 Å². The number of carboxylic acid groups (broad SMARTS) is 2. The van der Waals surface area contributed by atoms with Crippen molar-refractivity contribution in [3.05, 3.63) is 12.7 Å². The van der Waals surface area contributed by atoms with E-state index in [1.54, 1.807) is 17.9 Å². The smallest absolute Gasteiger partial charge is 0.320 e. The van der Waals surface area contributed by atoms with E-state index >= 15 is 0 Å². The summed E-state index contributed by atoms with van der Waals surface area (Å²) in [7, 11) is 0. The standard InChI is InChI=1S/C10H17NO4/c1-4-5-11(8(3)10(14)15)6-7(2)9(12)13/h4,7-8H,1,5-6H2,2-3H3,(H,12,13)(H,14,15). The maximum atomic E-state index is 10.7. The summed E-state index contributed by atoms with van der Waals surface area (Å²) >= 11 is 0. The first-order chi connectivity index (χ1) is 6.90. The molecule has 0 spiro atoms. The summed E-state index contributed by atoms with van der Waals surface area (Å²) in [4.78, 5) is 22.9. The van der Waals surface area contributed by atoms with E-state index in [4.69, 9.17) is 10.2 Å². The molecule has 2 N–H and O–H groups in total. The first-order valence-corrected chi connectivity index (χ1v) is 4.70. The van der Waals surface area contributed by atoms with Crippen LogP contribution in [0.25, 0.3) is 0 Å². The van der Waals surface area contributed by atoms with Crippen LogP contribution < -0.4 is 0 Å². The number of carboxylic acids is 2. The third-order valence-electron chi connectivity index (χ3n) is 2.20. The molecule has 0 rings (SSSR count). The van der Waals surface area contributed by atoms with Crippen LogP contribution in [0.3, 0.4) is 0 Å². The zero-order valence-electron chi connectivity index (χ0n) is 9.01. The molecule has 5 nitrogen and oxygen atoms in total. The zero-order valence-corrected chi connectivity index (χ0v) is 9.01. The van der Waals surface area contributed by atoms with Gasteiger partial charge in [0, 0.05) is 13.1 Å². The van der Waals surface area contributed by atoms with Gasteiger partial charge < -0.3 is 10.2 Å². The van der Waals surface area contributed by atoms with Crippen LogP contribution >= 0.6 is 0 Å². The van der Waals surface area contributed by atoms with Crippen molar-refractivity contribution < 1.29 is 19.8 Å². The van der Waals surface area contributed by atoms with Gasteiger partial charge in [-0.15, -0.1) is 6.58 Å². The molecular weight excluding hydrogens is 198 g/mol. The van der Waals surface area contributed by atoms with Crippen LogP contribution in [0.5, 0.6) is 0 Å². The SMILES string of the molecule is C=CCN(CC(C)C(=O)O)C(C)C(=O)O. The van der Waals surface area contributed by atoms with E-state index in [9.17, 15) is 9.59 Å². The Bertz CT molecular complexity index is 252.